The van der Waals surface area contributed by atoms with Crippen LogP contribution in [0.3, 0.4) is 0 Å². The second kappa shape index (κ2) is 6.69. The van der Waals surface area contributed by atoms with E-state index in [1.165, 1.54) is 5.56 Å². The molecule has 0 radical (unpaired) electrons. The van der Waals surface area contributed by atoms with E-state index in [-0.39, 0.29) is 29.3 Å². The highest BCUT2D eigenvalue weighted by Crippen LogP contribution is 2.35. The highest BCUT2D eigenvalue weighted by Gasteiger charge is 2.46. The molecule has 30 heavy (non-hydrogen) atoms. The van der Waals surface area contributed by atoms with Crippen molar-refractivity contribution < 1.29 is 9.59 Å². The second-order valence-electron chi connectivity index (χ2n) is 9.45. The number of nitrogens with one attached hydrogen (secondary N) is 1. The third kappa shape index (κ3) is 2.98. The van der Waals surface area contributed by atoms with Gasteiger partial charge in [0.15, 0.2) is 0 Å². The highest BCUT2D eigenvalue weighted by molar-refractivity contribution is 6.12. The first-order valence-electron chi connectivity index (χ1n) is 10.6. The Kier molecular flexibility index (Phi) is 4.21. The summed E-state index contributed by atoms with van der Waals surface area (Å²) in [5.41, 5.74) is 4.29. The van der Waals surface area contributed by atoms with Gasteiger partial charge in [0, 0.05) is 18.2 Å². The van der Waals surface area contributed by atoms with Gasteiger partial charge in [-0.3, -0.25) is 9.59 Å². The number of carbonyl (C=O) groups excluding carboxylic acids is 2. The molecule has 2 bridgehead atoms. The average Bonchev–Trinajstić information content (AvgIpc) is 3.31. The minimum absolute atomic E-state index is 0.0282. The van der Waals surface area contributed by atoms with Crippen molar-refractivity contribution in [2.45, 2.75) is 44.7 Å². The fourth-order valence-corrected chi connectivity index (χ4v) is 4.76. The topological polar surface area (TPSA) is 49.4 Å². The minimum Gasteiger partial charge on any atom is -0.350 e. The van der Waals surface area contributed by atoms with Gasteiger partial charge in [-0.05, 0) is 45.4 Å². The van der Waals surface area contributed by atoms with Gasteiger partial charge in [-0.25, -0.2) is 0 Å². The molecular weight excluding hydrogens is 372 g/mol. The molecule has 2 aliphatic heterocycles. The molecule has 3 aromatic carbocycles. The summed E-state index contributed by atoms with van der Waals surface area (Å²) in [6.07, 6.45) is 0.722. The van der Waals surface area contributed by atoms with E-state index in [1.807, 2.05) is 30.3 Å². The van der Waals surface area contributed by atoms with Crippen molar-refractivity contribution in [1.82, 2.24) is 10.2 Å². The standard InChI is InChI=1S/C26H26N2O2/c1-26(2,3)17-8-6-7-16(13-17)19-11-12-22(21-10-5-4-9-20(19)21)25(30)28-15-18-14-23(28)24(29)27-18/h4-13,18,23H,14-15H2,1-3H3,(H,27,29)/t18-,23-/m0/s1. The molecule has 4 nitrogen and oxygen atoms in total. The normalized spacial score (nSPS) is 20.6. The Balaban J connectivity index is 1.60. The van der Waals surface area contributed by atoms with Gasteiger partial charge in [-0.2, -0.15) is 0 Å². The Bertz CT molecular complexity index is 1180. The van der Waals surface area contributed by atoms with E-state index in [1.54, 1.807) is 4.90 Å². The van der Waals surface area contributed by atoms with Crippen LogP contribution >= 0.6 is 0 Å². The number of rotatable bonds is 2. The van der Waals surface area contributed by atoms with Crippen molar-refractivity contribution in [3.05, 3.63) is 71.8 Å². The number of nitrogens with zero attached hydrogens (tertiary/aromatic N) is 1. The highest BCUT2D eigenvalue weighted by atomic mass is 16.2. The van der Waals surface area contributed by atoms with Gasteiger partial charge in [-0.15, -0.1) is 0 Å². The Labute approximate surface area is 176 Å². The number of likely N-dealkylation sites (tertiary alicyclic amines) is 1. The molecule has 2 amide bonds. The number of carbonyl (C=O) groups is 2. The van der Waals surface area contributed by atoms with Gasteiger partial charge in [-0.1, -0.05) is 75.4 Å². The van der Waals surface area contributed by atoms with E-state index in [0.717, 1.165) is 28.3 Å². The largest absolute Gasteiger partial charge is 0.350 e. The van der Waals surface area contributed by atoms with Crippen molar-refractivity contribution >= 4 is 22.6 Å². The molecule has 0 aliphatic carbocycles. The fourth-order valence-electron chi connectivity index (χ4n) is 4.76. The van der Waals surface area contributed by atoms with Crippen molar-refractivity contribution in [2.24, 2.45) is 0 Å². The maximum atomic E-state index is 13.4. The van der Waals surface area contributed by atoms with Gasteiger partial charge in [0.2, 0.25) is 5.91 Å². The number of amides is 2. The number of hydrogen-bond donors (Lipinski definition) is 1. The molecule has 2 saturated heterocycles. The molecule has 2 heterocycles. The lowest BCUT2D eigenvalue weighted by Gasteiger charge is -2.27. The molecule has 4 heteroatoms. The van der Waals surface area contributed by atoms with Crippen molar-refractivity contribution in [3.8, 4) is 11.1 Å². The van der Waals surface area contributed by atoms with Crippen LogP contribution in [0.25, 0.3) is 21.9 Å². The maximum Gasteiger partial charge on any atom is 0.255 e. The van der Waals surface area contributed by atoms with E-state index in [0.29, 0.717) is 12.1 Å². The van der Waals surface area contributed by atoms with Gasteiger partial charge >= 0.3 is 0 Å². The number of hydrogen-bond acceptors (Lipinski definition) is 2. The number of benzene rings is 3. The molecule has 3 aromatic rings. The van der Waals surface area contributed by atoms with Crippen LogP contribution in [-0.2, 0) is 10.2 Å². The molecule has 2 atom stereocenters. The van der Waals surface area contributed by atoms with Crippen LogP contribution in [-0.4, -0.2) is 35.3 Å². The minimum atomic E-state index is -0.329. The zero-order valence-corrected chi connectivity index (χ0v) is 17.6. The zero-order chi connectivity index (χ0) is 21.0. The third-order valence-electron chi connectivity index (χ3n) is 6.41. The van der Waals surface area contributed by atoms with Crippen LogP contribution < -0.4 is 5.32 Å². The lowest BCUT2D eigenvalue weighted by Crippen LogP contribution is -2.50. The smallest absolute Gasteiger partial charge is 0.255 e. The Morgan fingerprint density at radius 1 is 1.00 bits per heavy atom. The lowest BCUT2D eigenvalue weighted by atomic mass is 9.84. The quantitative estimate of drug-likeness (QED) is 0.690. The van der Waals surface area contributed by atoms with Crippen LogP contribution in [0, 0.1) is 0 Å². The SMILES string of the molecule is CC(C)(C)c1cccc(-c2ccc(C(=O)N3C[C@@H]4C[C@H]3C(=O)N4)c3ccccc23)c1. The van der Waals surface area contributed by atoms with Crippen molar-refractivity contribution in [1.29, 1.82) is 0 Å². The van der Waals surface area contributed by atoms with Gasteiger partial charge in [0.25, 0.3) is 5.91 Å². The van der Waals surface area contributed by atoms with E-state index < -0.39 is 0 Å². The molecule has 0 saturated carbocycles. The zero-order valence-electron chi connectivity index (χ0n) is 17.6. The van der Waals surface area contributed by atoms with E-state index in [2.05, 4.69) is 56.4 Å². The third-order valence-corrected chi connectivity index (χ3v) is 6.41. The summed E-state index contributed by atoms with van der Waals surface area (Å²) in [5.74, 6) is -0.0805. The lowest BCUT2D eigenvalue weighted by molar-refractivity contribution is -0.124. The van der Waals surface area contributed by atoms with Crippen molar-refractivity contribution in [3.63, 3.8) is 0 Å². The first kappa shape index (κ1) is 18.9. The molecule has 2 fully saturated rings. The second-order valence-corrected chi connectivity index (χ2v) is 9.45. The van der Waals surface area contributed by atoms with Crippen LogP contribution in [0.4, 0.5) is 0 Å². The summed E-state index contributed by atoms with van der Waals surface area (Å²) >= 11 is 0. The Morgan fingerprint density at radius 3 is 2.47 bits per heavy atom. The van der Waals surface area contributed by atoms with Gasteiger partial charge in [0.05, 0.1) is 0 Å². The Hall–Kier alpha value is -3.14. The van der Waals surface area contributed by atoms with Crippen LogP contribution in [0.1, 0.15) is 43.1 Å². The summed E-state index contributed by atoms with van der Waals surface area (Å²) in [6, 6.07) is 20.4. The van der Waals surface area contributed by atoms with Crippen LogP contribution in [0.5, 0.6) is 0 Å². The monoisotopic (exact) mass is 398 g/mol. The molecular formula is C26H26N2O2. The van der Waals surface area contributed by atoms with Crippen LogP contribution in [0.2, 0.25) is 0 Å². The average molecular weight is 399 g/mol. The summed E-state index contributed by atoms with van der Waals surface area (Å²) in [7, 11) is 0. The molecule has 1 N–H and O–H groups in total. The van der Waals surface area contributed by atoms with Crippen molar-refractivity contribution in [2.75, 3.05) is 6.54 Å². The van der Waals surface area contributed by atoms with Gasteiger partial charge in [0.1, 0.15) is 6.04 Å². The molecule has 0 aromatic heterocycles. The maximum absolute atomic E-state index is 13.4. The Morgan fingerprint density at radius 2 is 1.77 bits per heavy atom. The molecule has 2 aliphatic rings. The molecule has 5 rings (SSSR count). The summed E-state index contributed by atoms with van der Waals surface area (Å²) in [5, 5.41) is 4.94. The van der Waals surface area contributed by atoms with Gasteiger partial charge < -0.3 is 10.2 Å². The predicted molar refractivity (Wildman–Crippen MR) is 119 cm³/mol. The molecule has 0 unspecified atom stereocenters. The fraction of sp³-hybridized carbons (Fsp3) is 0.308. The van der Waals surface area contributed by atoms with E-state index >= 15 is 0 Å². The summed E-state index contributed by atoms with van der Waals surface area (Å²) in [4.78, 5) is 27.2. The first-order valence-corrected chi connectivity index (χ1v) is 10.6. The summed E-state index contributed by atoms with van der Waals surface area (Å²) < 4.78 is 0. The van der Waals surface area contributed by atoms with Crippen LogP contribution in [0.15, 0.2) is 60.7 Å². The first-order chi connectivity index (χ1) is 14.3. The van der Waals surface area contributed by atoms with E-state index in [4.69, 9.17) is 0 Å². The van der Waals surface area contributed by atoms with E-state index in [9.17, 15) is 9.59 Å². The number of fused-ring (bicyclic) bond motifs is 3. The summed E-state index contributed by atoms with van der Waals surface area (Å²) in [6.45, 7) is 7.24. The predicted octanol–water partition coefficient (Wildman–Crippen LogP) is 4.52. The number of piperazine rings is 1. The molecule has 0 spiro atoms. The molecule has 152 valence electrons.